The van der Waals surface area contributed by atoms with E-state index in [0.29, 0.717) is 0 Å². The van der Waals surface area contributed by atoms with Crippen LogP contribution in [-0.2, 0) is 9.53 Å². The Kier molecular flexibility index (Phi) is 4.75. The Morgan fingerprint density at radius 3 is 1.45 bits per heavy atom. The molecule has 0 aromatic heterocycles. The Hall–Kier alpha value is -1.49. The van der Waals surface area contributed by atoms with Gasteiger partial charge in [-0.1, -0.05) is 6.58 Å². The number of esters is 1. The molecular formula is C8H4F10O2. The molecule has 0 amide bonds. The molecule has 0 fully saturated rings. The summed E-state index contributed by atoms with van der Waals surface area (Å²) >= 11 is 0. The van der Waals surface area contributed by atoms with Crippen molar-refractivity contribution in [2.45, 2.75) is 30.3 Å². The van der Waals surface area contributed by atoms with E-state index < -0.39 is 36.3 Å². The van der Waals surface area contributed by atoms with Crippen molar-refractivity contribution >= 4 is 5.97 Å². The topological polar surface area (TPSA) is 26.3 Å². The van der Waals surface area contributed by atoms with Gasteiger partial charge in [-0.05, 0) is 0 Å². The quantitative estimate of drug-likeness (QED) is 0.452. The average molecular weight is 322 g/mol. The molecule has 1 unspecified atom stereocenters. The molecule has 0 aliphatic rings. The molecule has 12 heteroatoms. The van der Waals surface area contributed by atoms with Crippen LogP contribution in [0, 0.1) is 0 Å². The summed E-state index contributed by atoms with van der Waals surface area (Å²) in [5.74, 6) is -2.30. The SMILES string of the molecule is C=CC(=O)OC(C(F)(F)F)C(F)(C(F)(F)F)C(F)(F)F. The van der Waals surface area contributed by atoms with E-state index in [2.05, 4.69) is 11.3 Å². The maximum Gasteiger partial charge on any atom is 0.435 e. The molecule has 0 aromatic carbocycles. The van der Waals surface area contributed by atoms with Crippen LogP contribution in [0.2, 0.25) is 0 Å². The lowest BCUT2D eigenvalue weighted by Crippen LogP contribution is -2.66. The minimum atomic E-state index is -7.02. The normalized spacial score (nSPS) is 15.7. The van der Waals surface area contributed by atoms with Crippen molar-refractivity contribution < 1.29 is 53.4 Å². The van der Waals surface area contributed by atoms with Crippen LogP contribution in [0.25, 0.3) is 0 Å². The predicted molar refractivity (Wildman–Crippen MR) is 42.1 cm³/mol. The Morgan fingerprint density at radius 1 is 0.900 bits per heavy atom. The molecule has 2 nitrogen and oxygen atoms in total. The largest absolute Gasteiger partial charge is 0.445 e. The maximum absolute atomic E-state index is 13.2. The van der Waals surface area contributed by atoms with Gasteiger partial charge in [-0.2, -0.15) is 39.5 Å². The Balaban J connectivity index is 6.06. The van der Waals surface area contributed by atoms with Crippen molar-refractivity contribution in [3.63, 3.8) is 0 Å². The van der Waals surface area contributed by atoms with E-state index in [1.54, 1.807) is 0 Å². The van der Waals surface area contributed by atoms with Gasteiger partial charge in [-0.15, -0.1) is 0 Å². The molecule has 0 saturated carbocycles. The van der Waals surface area contributed by atoms with Gasteiger partial charge in [-0.25, -0.2) is 9.18 Å². The molecule has 0 aliphatic heterocycles. The summed E-state index contributed by atoms with van der Waals surface area (Å²) in [6.07, 6.45) is -25.8. The molecule has 0 spiro atoms. The molecule has 0 N–H and O–H groups in total. The second kappa shape index (κ2) is 5.13. The summed E-state index contributed by atoms with van der Waals surface area (Å²) in [6.45, 7) is 2.48. The smallest absolute Gasteiger partial charge is 0.435 e. The lowest BCUT2D eigenvalue weighted by Gasteiger charge is -2.36. The van der Waals surface area contributed by atoms with Crippen molar-refractivity contribution in [1.82, 2.24) is 0 Å². The highest BCUT2D eigenvalue weighted by Gasteiger charge is 2.82. The van der Waals surface area contributed by atoms with E-state index in [1.807, 2.05) is 0 Å². The van der Waals surface area contributed by atoms with Gasteiger partial charge in [0.2, 0.25) is 6.10 Å². The molecule has 1 atom stereocenters. The molecule has 118 valence electrons. The highest BCUT2D eigenvalue weighted by Crippen LogP contribution is 2.52. The zero-order valence-electron chi connectivity index (χ0n) is 8.96. The van der Waals surface area contributed by atoms with E-state index in [4.69, 9.17) is 0 Å². The lowest BCUT2D eigenvalue weighted by atomic mass is 9.96. The van der Waals surface area contributed by atoms with Gasteiger partial charge in [0.05, 0.1) is 0 Å². The zero-order chi connectivity index (χ0) is 16.6. The van der Waals surface area contributed by atoms with E-state index >= 15 is 0 Å². The molecule has 0 saturated heterocycles. The van der Waals surface area contributed by atoms with Crippen LogP contribution < -0.4 is 0 Å². The second-order valence-electron chi connectivity index (χ2n) is 3.27. The first-order valence-electron chi connectivity index (χ1n) is 4.31. The summed E-state index contributed by atoms with van der Waals surface area (Å²) in [5.41, 5.74) is -6.81. The van der Waals surface area contributed by atoms with Crippen LogP contribution in [0.5, 0.6) is 0 Å². The maximum atomic E-state index is 13.2. The Bertz CT molecular complexity index is 362. The van der Waals surface area contributed by atoms with Crippen molar-refractivity contribution in [2.24, 2.45) is 0 Å². The van der Waals surface area contributed by atoms with Gasteiger partial charge < -0.3 is 4.74 Å². The van der Waals surface area contributed by atoms with Crippen LogP contribution in [0.15, 0.2) is 12.7 Å². The van der Waals surface area contributed by atoms with Crippen molar-refractivity contribution in [2.75, 3.05) is 0 Å². The van der Waals surface area contributed by atoms with Crippen LogP contribution in [0.4, 0.5) is 43.9 Å². The van der Waals surface area contributed by atoms with Crippen molar-refractivity contribution in [1.29, 1.82) is 0 Å². The summed E-state index contributed by atoms with van der Waals surface area (Å²) in [5, 5.41) is 0. The fourth-order valence-electron chi connectivity index (χ4n) is 0.996. The van der Waals surface area contributed by atoms with E-state index in [9.17, 15) is 48.7 Å². The summed E-state index contributed by atoms with van der Waals surface area (Å²) in [7, 11) is 0. The third-order valence-corrected chi connectivity index (χ3v) is 1.88. The number of rotatable bonds is 3. The van der Waals surface area contributed by atoms with Crippen LogP contribution >= 0.6 is 0 Å². The van der Waals surface area contributed by atoms with Gasteiger partial charge in [0.15, 0.2) is 0 Å². The first-order valence-corrected chi connectivity index (χ1v) is 4.31. The third kappa shape index (κ3) is 3.33. The van der Waals surface area contributed by atoms with Gasteiger partial charge in [0.1, 0.15) is 0 Å². The predicted octanol–water partition coefficient (Wildman–Crippen LogP) is 3.48. The second-order valence-corrected chi connectivity index (χ2v) is 3.27. The van der Waals surface area contributed by atoms with E-state index in [0.717, 1.165) is 0 Å². The van der Waals surface area contributed by atoms with Crippen LogP contribution in [0.3, 0.4) is 0 Å². The average Bonchev–Trinajstić information content (AvgIpc) is 2.19. The lowest BCUT2D eigenvalue weighted by molar-refractivity contribution is -0.395. The highest BCUT2D eigenvalue weighted by molar-refractivity contribution is 5.81. The summed E-state index contributed by atoms with van der Waals surface area (Å²) < 4.78 is 125. The molecule has 0 rings (SSSR count). The first-order chi connectivity index (χ1) is 8.59. The van der Waals surface area contributed by atoms with Gasteiger partial charge >= 0.3 is 30.2 Å². The molecule has 0 radical (unpaired) electrons. The summed E-state index contributed by atoms with van der Waals surface area (Å²) in [4.78, 5) is 10.4. The van der Waals surface area contributed by atoms with Crippen molar-refractivity contribution in [3.05, 3.63) is 12.7 Å². The summed E-state index contributed by atoms with van der Waals surface area (Å²) in [6, 6.07) is 0. The Labute approximate surface area is 104 Å². The first kappa shape index (κ1) is 18.5. The van der Waals surface area contributed by atoms with Crippen molar-refractivity contribution in [3.8, 4) is 0 Å². The Morgan fingerprint density at radius 2 is 1.25 bits per heavy atom. The van der Waals surface area contributed by atoms with Gasteiger partial charge in [0.25, 0.3) is 0 Å². The fourth-order valence-corrected chi connectivity index (χ4v) is 0.996. The number of carbonyl (C=O) groups is 1. The molecular weight excluding hydrogens is 318 g/mol. The standard InChI is InChI=1S/C8H4F10O2/c1-2-3(19)20-4(6(10,11)12)5(9,7(13,14)15)8(16,17)18/h2,4H,1H2. The van der Waals surface area contributed by atoms with Gasteiger partial charge in [0, 0.05) is 6.08 Å². The molecule has 0 aliphatic carbocycles. The number of hydrogen-bond acceptors (Lipinski definition) is 2. The van der Waals surface area contributed by atoms with Crippen LogP contribution in [0.1, 0.15) is 0 Å². The van der Waals surface area contributed by atoms with E-state index in [-0.39, 0.29) is 6.08 Å². The molecule has 0 aromatic rings. The monoisotopic (exact) mass is 322 g/mol. The fraction of sp³-hybridized carbons (Fsp3) is 0.625. The molecule has 0 heterocycles. The molecule has 0 bridgehead atoms. The van der Waals surface area contributed by atoms with E-state index in [1.165, 1.54) is 0 Å². The van der Waals surface area contributed by atoms with Gasteiger partial charge in [-0.3, -0.25) is 0 Å². The minimum Gasteiger partial charge on any atom is -0.445 e. The highest BCUT2D eigenvalue weighted by atomic mass is 19.4. The number of hydrogen-bond donors (Lipinski definition) is 0. The number of alkyl halides is 10. The zero-order valence-corrected chi connectivity index (χ0v) is 8.96. The van der Waals surface area contributed by atoms with Crippen LogP contribution in [-0.4, -0.2) is 36.3 Å². The molecule has 20 heavy (non-hydrogen) atoms. The number of ether oxygens (including phenoxy) is 1. The minimum absolute atomic E-state index is 0.147. The number of carbonyl (C=O) groups excluding carboxylic acids is 1. The number of halogens is 10. The third-order valence-electron chi connectivity index (χ3n) is 1.88.